The Hall–Kier alpha value is -1.70. The molecule has 4 aromatic rings. The van der Waals surface area contributed by atoms with Crippen LogP contribution < -0.4 is 4.74 Å². The van der Waals surface area contributed by atoms with Gasteiger partial charge in [-0.1, -0.05) is 59.9 Å². The van der Waals surface area contributed by atoms with E-state index in [0.29, 0.717) is 6.61 Å². The molecule has 152 valence electrons. The molecule has 4 rings (SSSR count). The van der Waals surface area contributed by atoms with Crippen LogP contribution in [0.4, 0.5) is 0 Å². The first-order valence-corrected chi connectivity index (χ1v) is 12.2. The third kappa shape index (κ3) is 8.28. The van der Waals surface area contributed by atoms with Crippen LogP contribution in [0.3, 0.4) is 0 Å². The Morgan fingerprint density at radius 1 is 0.724 bits per heavy atom. The standard InChI is InChI=1S/C11H10BrNO.C9H7NO.C2H4Br2/c12-5-7-14-10-4-3-9-2-1-6-13-11(9)8-10;11-8-4-3-7-2-1-5-10-9(7)6-8;3-1-2-4/h1-4,6,8H,5,7H2;1-6,11H;1-2H2. The average molecular weight is 585 g/mol. The van der Waals surface area contributed by atoms with Crippen molar-refractivity contribution in [2.45, 2.75) is 0 Å². The van der Waals surface area contributed by atoms with E-state index in [0.717, 1.165) is 43.5 Å². The van der Waals surface area contributed by atoms with E-state index in [2.05, 4.69) is 57.8 Å². The average Bonchev–Trinajstić information content (AvgIpc) is 2.78. The minimum atomic E-state index is 0.260. The highest BCUT2D eigenvalue weighted by atomic mass is 79.9. The van der Waals surface area contributed by atoms with Crippen molar-refractivity contribution in [3.63, 3.8) is 0 Å². The lowest BCUT2D eigenvalue weighted by Gasteiger charge is -2.04. The number of phenolic OH excluding ortho intramolecular Hbond substituents is 1. The molecule has 0 radical (unpaired) electrons. The van der Waals surface area contributed by atoms with Gasteiger partial charge in [0, 0.05) is 51.3 Å². The van der Waals surface area contributed by atoms with Gasteiger partial charge in [0.15, 0.2) is 0 Å². The Morgan fingerprint density at radius 3 is 1.90 bits per heavy atom. The highest BCUT2D eigenvalue weighted by molar-refractivity contribution is 9.12. The van der Waals surface area contributed by atoms with Crippen LogP contribution in [-0.4, -0.2) is 37.7 Å². The maximum absolute atomic E-state index is 9.09. The molecule has 0 aliphatic carbocycles. The molecule has 0 fully saturated rings. The second-order valence-corrected chi connectivity index (χ2v) is 8.03. The number of halogens is 3. The van der Waals surface area contributed by atoms with Crippen molar-refractivity contribution in [2.75, 3.05) is 22.6 Å². The van der Waals surface area contributed by atoms with Gasteiger partial charge in [-0.05, 0) is 36.4 Å². The van der Waals surface area contributed by atoms with Gasteiger partial charge in [0.05, 0.1) is 17.6 Å². The largest absolute Gasteiger partial charge is 0.508 e. The summed E-state index contributed by atoms with van der Waals surface area (Å²) in [5.41, 5.74) is 1.80. The van der Waals surface area contributed by atoms with Gasteiger partial charge >= 0.3 is 0 Å². The van der Waals surface area contributed by atoms with Crippen LogP contribution >= 0.6 is 47.8 Å². The number of hydrogen-bond donors (Lipinski definition) is 1. The van der Waals surface area contributed by atoms with E-state index in [1.807, 2.05) is 48.5 Å². The normalized spacial score (nSPS) is 9.90. The first-order valence-electron chi connectivity index (χ1n) is 8.87. The van der Waals surface area contributed by atoms with Crippen LogP contribution in [0.1, 0.15) is 0 Å². The summed E-state index contributed by atoms with van der Waals surface area (Å²) in [5, 5.41) is 14.2. The van der Waals surface area contributed by atoms with Crippen LogP contribution in [-0.2, 0) is 0 Å². The number of benzene rings is 2. The van der Waals surface area contributed by atoms with Gasteiger partial charge < -0.3 is 9.84 Å². The molecule has 0 unspecified atom stereocenters. The lowest BCUT2D eigenvalue weighted by atomic mass is 10.2. The van der Waals surface area contributed by atoms with E-state index in [-0.39, 0.29) is 5.75 Å². The molecule has 2 aromatic heterocycles. The minimum absolute atomic E-state index is 0.260. The summed E-state index contributed by atoms with van der Waals surface area (Å²) < 4.78 is 5.48. The van der Waals surface area contributed by atoms with Crippen molar-refractivity contribution in [1.82, 2.24) is 9.97 Å². The molecule has 4 nitrogen and oxygen atoms in total. The highest BCUT2D eigenvalue weighted by Gasteiger charge is 1.97. The van der Waals surface area contributed by atoms with Crippen molar-refractivity contribution in [1.29, 1.82) is 0 Å². The predicted molar refractivity (Wildman–Crippen MR) is 132 cm³/mol. The fraction of sp³-hybridized carbons (Fsp3) is 0.182. The topological polar surface area (TPSA) is 55.2 Å². The second-order valence-electron chi connectivity index (χ2n) is 5.65. The number of fused-ring (bicyclic) bond motifs is 2. The number of alkyl halides is 3. The molecular weight excluding hydrogens is 564 g/mol. The van der Waals surface area contributed by atoms with E-state index in [4.69, 9.17) is 9.84 Å². The van der Waals surface area contributed by atoms with Gasteiger partial charge in [-0.15, -0.1) is 0 Å². The predicted octanol–water partition coefficient (Wildman–Crippen LogP) is 6.73. The number of aromatic hydroxyl groups is 1. The van der Waals surface area contributed by atoms with E-state index in [9.17, 15) is 0 Å². The lowest BCUT2D eigenvalue weighted by molar-refractivity contribution is 0.345. The third-order valence-electron chi connectivity index (χ3n) is 3.58. The van der Waals surface area contributed by atoms with E-state index < -0.39 is 0 Å². The SMILES string of the molecule is BrCCBr.BrCCOc1ccc2cccnc2c1.Oc1ccc2cccnc2c1. The quantitative estimate of drug-likeness (QED) is 0.270. The molecule has 0 aliphatic heterocycles. The summed E-state index contributed by atoms with van der Waals surface area (Å²) in [6.07, 6.45) is 3.50. The van der Waals surface area contributed by atoms with Gasteiger partial charge in [-0.3, -0.25) is 9.97 Å². The third-order valence-corrected chi connectivity index (χ3v) is 5.77. The zero-order valence-corrected chi connectivity index (χ0v) is 20.4. The van der Waals surface area contributed by atoms with Crippen molar-refractivity contribution in [3.05, 3.63) is 73.1 Å². The molecule has 0 saturated heterocycles. The second kappa shape index (κ2) is 13.5. The molecule has 0 saturated carbocycles. The first kappa shape index (κ1) is 23.6. The Labute approximate surface area is 195 Å². The summed E-state index contributed by atoms with van der Waals surface area (Å²) in [5.74, 6) is 1.13. The van der Waals surface area contributed by atoms with Crippen LogP contribution in [0.5, 0.6) is 11.5 Å². The monoisotopic (exact) mass is 582 g/mol. The van der Waals surface area contributed by atoms with Gasteiger partial charge in [-0.2, -0.15) is 0 Å². The first-order chi connectivity index (χ1) is 14.2. The number of pyridine rings is 2. The number of rotatable bonds is 4. The van der Waals surface area contributed by atoms with Crippen LogP contribution in [0.2, 0.25) is 0 Å². The number of aromatic nitrogens is 2. The maximum Gasteiger partial charge on any atom is 0.121 e. The number of nitrogens with zero attached hydrogens (tertiary/aromatic N) is 2. The molecule has 0 amide bonds. The van der Waals surface area contributed by atoms with Gasteiger partial charge in [0.2, 0.25) is 0 Å². The molecule has 29 heavy (non-hydrogen) atoms. The fourth-order valence-electron chi connectivity index (χ4n) is 2.35. The summed E-state index contributed by atoms with van der Waals surface area (Å²) in [4.78, 5) is 8.34. The van der Waals surface area contributed by atoms with Crippen LogP contribution in [0.15, 0.2) is 73.1 Å². The Morgan fingerprint density at radius 2 is 1.31 bits per heavy atom. The molecule has 1 N–H and O–H groups in total. The number of phenols is 1. The molecule has 0 atom stereocenters. The molecule has 0 spiro atoms. The van der Waals surface area contributed by atoms with Crippen molar-refractivity contribution < 1.29 is 9.84 Å². The summed E-state index contributed by atoms with van der Waals surface area (Å²) in [7, 11) is 0. The minimum Gasteiger partial charge on any atom is -0.508 e. The van der Waals surface area contributed by atoms with E-state index in [1.54, 1.807) is 24.5 Å². The Bertz CT molecular complexity index is 1010. The Kier molecular flexibility index (Phi) is 11.0. The van der Waals surface area contributed by atoms with Gasteiger partial charge in [0.1, 0.15) is 11.5 Å². The lowest BCUT2D eigenvalue weighted by Crippen LogP contribution is -1.97. The summed E-state index contributed by atoms with van der Waals surface area (Å²) >= 11 is 9.72. The van der Waals surface area contributed by atoms with Crippen LogP contribution in [0, 0.1) is 0 Å². The molecule has 0 aliphatic rings. The van der Waals surface area contributed by atoms with E-state index in [1.165, 1.54) is 0 Å². The summed E-state index contributed by atoms with van der Waals surface area (Å²) in [6, 6.07) is 18.9. The van der Waals surface area contributed by atoms with Crippen molar-refractivity contribution in [3.8, 4) is 11.5 Å². The smallest absolute Gasteiger partial charge is 0.121 e. The number of hydrogen-bond acceptors (Lipinski definition) is 4. The molecule has 2 heterocycles. The maximum atomic E-state index is 9.09. The van der Waals surface area contributed by atoms with Gasteiger partial charge in [-0.25, -0.2) is 0 Å². The molecular formula is C22H21Br3N2O2. The van der Waals surface area contributed by atoms with Gasteiger partial charge in [0.25, 0.3) is 0 Å². The molecule has 7 heteroatoms. The zero-order chi connectivity index (χ0) is 20.9. The van der Waals surface area contributed by atoms with Crippen LogP contribution in [0.25, 0.3) is 21.8 Å². The van der Waals surface area contributed by atoms with Crippen molar-refractivity contribution >= 4 is 69.6 Å². The molecule has 2 aromatic carbocycles. The highest BCUT2D eigenvalue weighted by Crippen LogP contribution is 2.18. The summed E-state index contributed by atoms with van der Waals surface area (Å²) in [6.45, 7) is 0.679. The zero-order valence-electron chi connectivity index (χ0n) is 15.6. The Balaban J connectivity index is 0.000000179. The molecule has 0 bridgehead atoms. The van der Waals surface area contributed by atoms with Crippen molar-refractivity contribution in [2.24, 2.45) is 0 Å². The van der Waals surface area contributed by atoms with E-state index >= 15 is 0 Å². The fourth-order valence-corrected chi connectivity index (χ4v) is 2.51. The number of ether oxygens (including phenoxy) is 1.